The van der Waals surface area contributed by atoms with Crippen molar-refractivity contribution in [2.24, 2.45) is 0 Å². The Labute approximate surface area is 167 Å². The largest absolute Gasteiger partial charge is 0.308 e. The summed E-state index contributed by atoms with van der Waals surface area (Å²) in [5, 5.41) is 3.40. The molecule has 0 fully saturated rings. The fraction of sp³-hybridized carbons (Fsp3) is 0.136. The first-order chi connectivity index (χ1) is 13.6. The van der Waals surface area contributed by atoms with Crippen molar-refractivity contribution in [2.45, 2.75) is 12.8 Å². The van der Waals surface area contributed by atoms with E-state index in [0.717, 1.165) is 16.9 Å². The number of amides is 2. The molecule has 0 saturated carbocycles. The molecule has 5 nitrogen and oxygen atoms in total. The van der Waals surface area contributed by atoms with E-state index in [1.807, 2.05) is 36.4 Å². The molecule has 0 bridgehead atoms. The van der Waals surface area contributed by atoms with Crippen LogP contribution in [0, 0.1) is 0 Å². The van der Waals surface area contributed by atoms with Gasteiger partial charge >= 0.3 is 0 Å². The molecule has 0 aliphatic carbocycles. The van der Waals surface area contributed by atoms with E-state index >= 15 is 0 Å². The Morgan fingerprint density at radius 3 is 2.54 bits per heavy atom. The van der Waals surface area contributed by atoms with Crippen LogP contribution in [0.25, 0.3) is 5.70 Å². The maximum absolute atomic E-state index is 12.5. The van der Waals surface area contributed by atoms with Crippen LogP contribution in [0.2, 0.25) is 0 Å². The van der Waals surface area contributed by atoms with E-state index in [1.54, 1.807) is 17.2 Å². The maximum Gasteiger partial charge on any atom is 0.258 e. The van der Waals surface area contributed by atoms with Crippen LogP contribution in [0.1, 0.15) is 32.8 Å². The SMILES string of the molecule is C=C1c2ccccc2C(=O)N1CCC(=O)Nc1ncc(Cc2ccccc2)s1. The van der Waals surface area contributed by atoms with E-state index in [0.29, 0.717) is 22.9 Å². The van der Waals surface area contributed by atoms with Crippen molar-refractivity contribution in [1.29, 1.82) is 0 Å². The predicted molar refractivity (Wildman–Crippen MR) is 111 cm³/mol. The highest BCUT2D eigenvalue weighted by atomic mass is 32.1. The zero-order valence-corrected chi connectivity index (χ0v) is 16.0. The Morgan fingerprint density at radius 2 is 1.79 bits per heavy atom. The minimum Gasteiger partial charge on any atom is -0.308 e. The summed E-state index contributed by atoms with van der Waals surface area (Å²) < 4.78 is 0. The van der Waals surface area contributed by atoms with Crippen LogP contribution in [0.5, 0.6) is 0 Å². The van der Waals surface area contributed by atoms with Gasteiger partial charge < -0.3 is 10.2 Å². The minimum absolute atomic E-state index is 0.104. The van der Waals surface area contributed by atoms with Crippen LogP contribution in [0.15, 0.2) is 67.4 Å². The molecule has 2 heterocycles. The summed E-state index contributed by atoms with van der Waals surface area (Å²) in [5.41, 5.74) is 3.32. The van der Waals surface area contributed by atoms with Crippen LogP contribution >= 0.6 is 11.3 Å². The average Bonchev–Trinajstić information content (AvgIpc) is 3.24. The highest BCUT2D eigenvalue weighted by Crippen LogP contribution is 2.31. The first kappa shape index (κ1) is 18.1. The molecule has 2 amide bonds. The van der Waals surface area contributed by atoms with Crippen molar-refractivity contribution in [1.82, 2.24) is 9.88 Å². The van der Waals surface area contributed by atoms with Gasteiger partial charge in [0.2, 0.25) is 5.91 Å². The number of benzene rings is 2. The molecule has 2 aromatic carbocycles. The van der Waals surface area contributed by atoms with Gasteiger partial charge in [-0.15, -0.1) is 11.3 Å². The predicted octanol–water partition coefficient (Wildman–Crippen LogP) is 4.19. The minimum atomic E-state index is -0.169. The number of rotatable bonds is 6. The van der Waals surface area contributed by atoms with Gasteiger partial charge in [0, 0.05) is 47.3 Å². The normalized spacial score (nSPS) is 12.9. The molecule has 0 unspecified atom stereocenters. The third-order valence-corrected chi connectivity index (χ3v) is 5.54. The van der Waals surface area contributed by atoms with Crippen LogP contribution in [0.4, 0.5) is 5.13 Å². The van der Waals surface area contributed by atoms with Gasteiger partial charge in [-0.05, 0) is 11.6 Å². The number of aromatic nitrogens is 1. The first-order valence-electron chi connectivity index (χ1n) is 9.00. The maximum atomic E-state index is 12.5. The zero-order valence-electron chi connectivity index (χ0n) is 15.2. The molecule has 0 atom stereocenters. The number of carbonyl (C=O) groups excluding carboxylic acids is 2. The average molecular weight is 389 g/mol. The van der Waals surface area contributed by atoms with Gasteiger partial charge in [-0.25, -0.2) is 4.98 Å². The fourth-order valence-electron chi connectivity index (χ4n) is 3.21. The number of thiazole rings is 1. The van der Waals surface area contributed by atoms with Crippen LogP contribution < -0.4 is 5.32 Å². The third kappa shape index (κ3) is 3.73. The molecule has 140 valence electrons. The number of hydrogen-bond donors (Lipinski definition) is 1. The lowest BCUT2D eigenvalue weighted by molar-refractivity contribution is -0.116. The number of hydrogen-bond acceptors (Lipinski definition) is 4. The van der Waals surface area contributed by atoms with Gasteiger partial charge in [0.15, 0.2) is 5.13 Å². The van der Waals surface area contributed by atoms with E-state index in [9.17, 15) is 9.59 Å². The summed E-state index contributed by atoms with van der Waals surface area (Å²) in [6.45, 7) is 4.29. The van der Waals surface area contributed by atoms with Crippen molar-refractivity contribution < 1.29 is 9.59 Å². The molecule has 4 rings (SSSR count). The van der Waals surface area contributed by atoms with Gasteiger partial charge in [-0.2, -0.15) is 0 Å². The summed E-state index contributed by atoms with van der Waals surface area (Å²) in [4.78, 5) is 31.7. The van der Waals surface area contributed by atoms with E-state index in [-0.39, 0.29) is 18.2 Å². The lowest BCUT2D eigenvalue weighted by Crippen LogP contribution is -2.27. The molecular weight excluding hydrogens is 370 g/mol. The Hall–Kier alpha value is -3.25. The van der Waals surface area contributed by atoms with Gasteiger partial charge in [0.1, 0.15) is 0 Å². The second kappa shape index (κ2) is 7.78. The Bertz CT molecular complexity index is 1010. The lowest BCUT2D eigenvalue weighted by atomic mass is 10.1. The van der Waals surface area contributed by atoms with Gasteiger partial charge in [0.25, 0.3) is 5.91 Å². The molecule has 28 heavy (non-hydrogen) atoms. The molecule has 6 heteroatoms. The highest BCUT2D eigenvalue weighted by Gasteiger charge is 2.30. The van der Waals surface area contributed by atoms with Crippen molar-refractivity contribution >= 4 is 34.0 Å². The first-order valence-corrected chi connectivity index (χ1v) is 9.82. The van der Waals surface area contributed by atoms with E-state index in [4.69, 9.17) is 0 Å². The molecule has 1 aromatic heterocycles. The second-order valence-corrected chi connectivity index (χ2v) is 7.66. The molecule has 0 saturated heterocycles. The molecule has 0 spiro atoms. The Kier molecular flexibility index (Phi) is 5.04. The Balaban J connectivity index is 1.32. The van der Waals surface area contributed by atoms with Crippen molar-refractivity contribution in [3.8, 4) is 0 Å². The number of carbonyl (C=O) groups is 2. The Morgan fingerprint density at radius 1 is 1.07 bits per heavy atom. The molecule has 1 N–H and O–H groups in total. The van der Waals surface area contributed by atoms with Gasteiger partial charge in [0.05, 0.1) is 0 Å². The quantitative estimate of drug-likeness (QED) is 0.688. The standard InChI is InChI=1S/C22H19N3O2S/c1-15-18-9-5-6-10-19(18)21(27)25(15)12-11-20(26)24-22-23-14-17(28-22)13-16-7-3-2-4-8-16/h2-10,14H,1,11-13H2,(H,23,24,26). The highest BCUT2D eigenvalue weighted by molar-refractivity contribution is 7.15. The van der Waals surface area contributed by atoms with Crippen molar-refractivity contribution in [2.75, 3.05) is 11.9 Å². The summed E-state index contributed by atoms with van der Waals surface area (Å²) in [5.74, 6) is -0.273. The van der Waals surface area contributed by atoms with Crippen LogP contribution in [-0.4, -0.2) is 28.2 Å². The number of nitrogens with one attached hydrogen (secondary N) is 1. The zero-order chi connectivity index (χ0) is 19.5. The summed E-state index contributed by atoms with van der Waals surface area (Å²) in [6.07, 6.45) is 2.76. The molecule has 1 aliphatic rings. The summed E-state index contributed by atoms with van der Waals surface area (Å²) in [7, 11) is 0. The molecule has 1 aliphatic heterocycles. The van der Waals surface area contributed by atoms with Crippen LogP contribution in [0.3, 0.4) is 0 Å². The number of anilines is 1. The van der Waals surface area contributed by atoms with E-state index < -0.39 is 0 Å². The number of nitrogens with zero attached hydrogens (tertiary/aromatic N) is 2. The van der Waals surface area contributed by atoms with Gasteiger partial charge in [-0.1, -0.05) is 55.1 Å². The summed E-state index contributed by atoms with van der Waals surface area (Å²) >= 11 is 1.46. The third-order valence-electron chi connectivity index (χ3n) is 4.62. The van der Waals surface area contributed by atoms with Crippen molar-refractivity contribution in [3.05, 3.63) is 88.9 Å². The molecule has 3 aromatic rings. The smallest absolute Gasteiger partial charge is 0.258 e. The fourth-order valence-corrected chi connectivity index (χ4v) is 4.07. The second-order valence-electron chi connectivity index (χ2n) is 6.54. The van der Waals surface area contributed by atoms with Crippen LogP contribution in [-0.2, 0) is 11.2 Å². The van der Waals surface area contributed by atoms with Crippen molar-refractivity contribution in [3.63, 3.8) is 0 Å². The van der Waals surface area contributed by atoms with E-state index in [1.165, 1.54) is 16.9 Å². The van der Waals surface area contributed by atoms with E-state index in [2.05, 4.69) is 29.0 Å². The monoisotopic (exact) mass is 389 g/mol. The molecular formula is C22H19N3O2S. The molecule has 0 radical (unpaired) electrons. The number of fused-ring (bicyclic) bond motifs is 1. The van der Waals surface area contributed by atoms with Gasteiger partial charge in [-0.3, -0.25) is 9.59 Å². The topological polar surface area (TPSA) is 62.3 Å². The summed E-state index contributed by atoms with van der Waals surface area (Å²) in [6, 6.07) is 17.5. The lowest BCUT2D eigenvalue weighted by Gasteiger charge is -2.16.